The van der Waals surface area contributed by atoms with E-state index in [1.54, 1.807) is 21.6 Å². The first-order valence-electron chi connectivity index (χ1n) is 16.3. The van der Waals surface area contributed by atoms with Gasteiger partial charge in [-0.2, -0.15) is 0 Å². The van der Waals surface area contributed by atoms with Crippen molar-refractivity contribution in [2.45, 2.75) is 38.2 Å². The Morgan fingerprint density at radius 3 is 1.15 bits per heavy atom. The molecule has 0 saturated carbocycles. The van der Waals surface area contributed by atoms with Crippen LogP contribution in [0.5, 0.6) is 0 Å². The van der Waals surface area contributed by atoms with Crippen LogP contribution < -0.4 is 24.8 Å². The van der Waals surface area contributed by atoms with Gasteiger partial charge in [-0.15, -0.1) is 92.3 Å². The molecule has 0 nitrogen and oxygen atoms in total. The van der Waals surface area contributed by atoms with Gasteiger partial charge in [0.25, 0.3) is 0 Å². The van der Waals surface area contributed by atoms with E-state index in [9.17, 15) is 0 Å². The zero-order valence-electron chi connectivity index (χ0n) is 28.0. The van der Waals surface area contributed by atoms with Crippen molar-refractivity contribution in [1.82, 2.24) is 0 Å². The number of benzene rings is 6. The van der Waals surface area contributed by atoms with Crippen molar-refractivity contribution in [2.75, 3.05) is 0 Å². The zero-order valence-corrected chi connectivity index (χ0v) is 34.1. The summed E-state index contributed by atoms with van der Waals surface area (Å²) in [6.45, 7) is 4.48. The molecule has 0 aromatic heterocycles. The molecule has 0 N–H and O–H groups in total. The molecule has 0 atom stereocenters. The van der Waals surface area contributed by atoms with E-state index >= 15 is 0 Å². The van der Waals surface area contributed by atoms with Gasteiger partial charge >= 0.3 is 43.1 Å². The Morgan fingerprint density at radius 1 is 0.458 bits per heavy atom. The zero-order chi connectivity index (χ0) is 32.0. The third-order valence-corrected chi connectivity index (χ3v) is 8.64. The average molecular weight is 804 g/mol. The summed E-state index contributed by atoms with van der Waals surface area (Å²) in [6.07, 6.45) is 2.13. The average Bonchev–Trinajstić information content (AvgIpc) is 3.66. The van der Waals surface area contributed by atoms with Crippen LogP contribution in [0.4, 0.5) is 0 Å². The molecule has 0 aliphatic rings. The van der Waals surface area contributed by atoms with Crippen molar-refractivity contribution in [3.05, 3.63) is 157 Å². The maximum absolute atomic E-state index is 2.37. The van der Waals surface area contributed by atoms with Crippen molar-refractivity contribution in [1.29, 1.82) is 0 Å². The van der Waals surface area contributed by atoms with Gasteiger partial charge in [0.15, 0.2) is 0 Å². The summed E-state index contributed by atoms with van der Waals surface area (Å²) in [5.41, 5.74) is 8.40. The van der Waals surface area contributed by atoms with Crippen molar-refractivity contribution in [2.24, 2.45) is 0 Å². The van der Waals surface area contributed by atoms with E-state index in [0.717, 1.165) is 12.8 Å². The topological polar surface area (TPSA) is 0 Å². The second kappa shape index (κ2) is 17.6. The number of aryl methyl sites for hydroxylation is 2. The summed E-state index contributed by atoms with van der Waals surface area (Å²) in [4.78, 5) is 0. The molecule has 0 bridgehead atoms. The van der Waals surface area contributed by atoms with E-state index in [1.807, 2.05) is 0 Å². The molecule has 8 aromatic carbocycles. The monoisotopic (exact) mass is 802 g/mol. The minimum absolute atomic E-state index is 0. The normalized spacial score (nSPS) is 10.5. The molecule has 8 rings (SSSR count). The molecule has 0 amide bonds. The second-order valence-corrected chi connectivity index (χ2v) is 29.0. The molecule has 240 valence electrons. The van der Waals surface area contributed by atoms with Gasteiger partial charge in [-0.05, 0) is 34.4 Å². The van der Waals surface area contributed by atoms with Crippen LogP contribution in [-0.4, -0.2) is 9.98 Å². The molecule has 0 aliphatic carbocycles. The Bertz CT molecular complexity index is 2120. The van der Waals surface area contributed by atoms with Crippen LogP contribution in [0.1, 0.15) is 25.0 Å². The van der Waals surface area contributed by atoms with Crippen LogP contribution in [0.2, 0.25) is 11.5 Å². The Kier molecular flexibility index (Phi) is 13.9. The van der Waals surface area contributed by atoms with E-state index < -0.39 is 0 Å². The fourth-order valence-corrected chi connectivity index (χ4v) is 6.65. The molecule has 0 saturated heterocycles. The van der Waals surface area contributed by atoms with Crippen LogP contribution in [0.3, 0.4) is 0 Å². The maximum Gasteiger partial charge on any atom is -1.00 e. The first-order chi connectivity index (χ1) is 22.5. The predicted octanol–water partition coefficient (Wildman–Crippen LogP) is 6.67. The van der Waals surface area contributed by atoms with Gasteiger partial charge in [-0.25, -0.2) is 0 Å². The summed E-state index contributed by atoms with van der Waals surface area (Å²) in [5.74, 6) is 4.75. The molecule has 0 radical (unpaired) electrons. The van der Waals surface area contributed by atoms with E-state index in [0.29, 0.717) is 0 Å². The first-order valence-corrected chi connectivity index (χ1v) is 28.0. The fourth-order valence-electron chi connectivity index (χ4n) is 6.65. The number of hydrogen-bond acceptors (Lipinski definition) is 0. The largest absolute Gasteiger partial charge is 1.00 e. The third kappa shape index (κ3) is 8.09. The quantitative estimate of drug-likeness (QED) is 0.138. The Hall–Kier alpha value is -2.93. The summed E-state index contributed by atoms with van der Waals surface area (Å²) in [6, 6.07) is 52.6. The van der Waals surface area contributed by atoms with E-state index in [-0.39, 0.29) is 34.8 Å². The number of rotatable bonds is 4. The Morgan fingerprint density at radius 2 is 0.771 bits per heavy atom. The van der Waals surface area contributed by atoms with Crippen LogP contribution in [0, 0.1) is 0 Å². The molecular weight excluding hydrogens is 763 g/mol. The molecule has 0 spiro atoms. The third-order valence-electron chi connectivity index (χ3n) is 8.64. The summed E-state index contributed by atoms with van der Waals surface area (Å²) < 4.78 is 0. The van der Waals surface area contributed by atoms with Crippen molar-refractivity contribution < 1.29 is 46.4 Å². The molecule has 8 aromatic rings. The second-order valence-electron chi connectivity index (χ2n) is 12.0. The van der Waals surface area contributed by atoms with E-state index in [1.165, 1.54) is 76.5 Å². The Balaban J connectivity index is 0.000000188. The predicted molar refractivity (Wildman–Crippen MR) is 201 cm³/mol. The van der Waals surface area contributed by atoms with Gasteiger partial charge in [-0.3, -0.25) is 0 Å². The molecular formula is C44H40Cl2GeZr-2. The number of halogens is 2. The van der Waals surface area contributed by atoms with Gasteiger partial charge in [0.05, 0.1) is 0 Å². The van der Waals surface area contributed by atoms with E-state index in [4.69, 9.17) is 0 Å². The number of fused-ring (bicyclic) bond motifs is 4. The van der Waals surface area contributed by atoms with Gasteiger partial charge in [0.2, 0.25) is 0 Å². The molecule has 0 fully saturated rings. The van der Waals surface area contributed by atoms with Gasteiger partial charge in [-0.1, -0.05) is 122 Å². The van der Waals surface area contributed by atoms with Gasteiger partial charge < -0.3 is 24.8 Å². The molecule has 4 heteroatoms. The standard InChI is InChI=1S/2C21H17.C2H6Ge.2ClH.Zr/c2*1-2-15-14-17-9-4-6-12-19(17)21(15)20-13-7-10-16-8-3-5-11-18(16)20;1-3-2;;;/h2*3-14H,2H2,1H3;1-2H3;2*1H;/q2*-1;;;;+2/p-2. The summed E-state index contributed by atoms with van der Waals surface area (Å²) >= 11 is 1.80. The minimum atomic E-state index is -0.243. The fraction of sp³-hybridized carbons (Fsp3) is 0.136. The van der Waals surface area contributed by atoms with Crippen LogP contribution in [0.15, 0.2) is 146 Å². The van der Waals surface area contributed by atoms with Crippen LogP contribution in [-0.2, 0) is 34.4 Å². The molecule has 0 unspecified atom stereocenters. The summed E-state index contributed by atoms with van der Waals surface area (Å²) in [5, 5.41) is 10.7. The van der Waals surface area contributed by atoms with Crippen molar-refractivity contribution in [3.8, 4) is 22.3 Å². The van der Waals surface area contributed by atoms with Crippen LogP contribution >= 0.6 is 0 Å². The van der Waals surface area contributed by atoms with Crippen molar-refractivity contribution in [3.63, 3.8) is 0 Å². The minimum Gasteiger partial charge on any atom is -1.00 e. The number of hydrogen-bond donors (Lipinski definition) is 0. The van der Waals surface area contributed by atoms with E-state index in [2.05, 4.69) is 171 Å². The maximum atomic E-state index is 2.37. The van der Waals surface area contributed by atoms with Gasteiger partial charge in [0, 0.05) is 0 Å². The first kappa shape index (κ1) is 37.9. The van der Waals surface area contributed by atoms with Crippen molar-refractivity contribution >= 4 is 53.1 Å². The molecule has 0 aliphatic heterocycles. The van der Waals surface area contributed by atoms with Gasteiger partial charge in [0.1, 0.15) is 0 Å². The summed E-state index contributed by atoms with van der Waals surface area (Å²) in [7, 11) is -0.243. The van der Waals surface area contributed by atoms with Crippen LogP contribution in [0.25, 0.3) is 65.3 Å². The molecule has 48 heavy (non-hydrogen) atoms. The SMILES string of the molecule is CCc1[cH-]c2ccccc2c1-c1cccc2ccccc12.CCc1[cH-]c2ccccc2c1-c1cccc2ccccc12.[CH3][Ge]([CH3])=[Zr+2].[Cl-].[Cl-]. The smallest absolute Gasteiger partial charge is 1.00 e. The Labute approximate surface area is 314 Å². The molecule has 0 heterocycles.